The first-order valence-corrected chi connectivity index (χ1v) is 9.46. The van der Waals surface area contributed by atoms with E-state index in [2.05, 4.69) is 4.72 Å². The molecule has 0 aliphatic heterocycles. The maximum Gasteiger partial charge on any atom is 0.317 e. The number of carboxylic acids is 1. The van der Waals surface area contributed by atoms with Gasteiger partial charge in [0.25, 0.3) is 5.69 Å². The van der Waals surface area contributed by atoms with Crippen molar-refractivity contribution in [3.8, 4) is 5.75 Å². The quantitative estimate of drug-likeness (QED) is 0.469. The van der Waals surface area contributed by atoms with E-state index in [1.807, 2.05) is 6.92 Å². The van der Waals surface area contributed by atoms with Crippen LogP contribution in [0.15, 0.2) is 23.1 Å². The van der Waals surface area contributed by atoms with Crippen molar-refractivity contribution in [1.82, 2.24) is 9.62 Å². The Morgan fingerprint density at radius 2 is 2.12 bits per heavy atom. The van der Waals surface area contributed by atoms with Crippen molar-refractivity contribution in [2.45, 2.75) is 36.7 Å². The van der Waals surface area contributed by atoms with Crippen molar-refractivity contribution in [2.75, 3.05) is 20.2 Å². The molecule has 0 aromatic heterocycles. The third-order valence-corrected chi connectivity index (χ3v) is 5.89. The van der Waals surface area contributed by atoms with E-state index in [1.165, 1.54) is 19.2 Å². The average Bonchev–Trinajstić information content (AvgIpc) is 2.55. The molecular weight excluding hydrogens is 366 g/mol. The molecule has 2 N–H and O–H groups in total. The third-order valence-electron chi connectivity index (χ3n) is 4.34. The number of hydrogen-bond donors (Lipinski definition) is 2. The van der Waals surface area contributed by atoms with Gasteiger partial charge in [0.15, 0.2) is 0 Å². The summed E-state index contributed by atoms with van der Waals surface area (Å²) < 4.78 is 32.7. The Kier molecular flexibility index (Phi) is 6.16. The summed E-state index contributed by atoms with van der Waals surface area (Å²) in [5.74, 6) is -0.919. The second-order valence-corrected chi connectivity index (χ2v) is 7.67. The number of carbonyl (C=O) groups is 1. The monoisotopic (exact) mass is 387 g/mol. The van der Waals surface area contributed by atoms with Gasteiger partial charge in [-0.15, -0.1) is 0 Å². The molecule has 11 heteroatoms. The molecule has 0 spiro atoms. The molecule has 0 atom stereocenters. The fraction of sp³-hybridized carbons (Fsp3) is 0.533. The molecular formula is C15H21N3O7S. The summed E-state index contributed by atoms with van der Waals surface area (Å²) in [5.41, 5.74) is -0.351. The fourth-order valence-corrected chi connectivity index (χ4v) is 4.38. The second-order valence-electron chi connectivity index (χ2n) is 5.99. The zero-order chi connectivity index (χ0) is 19.5. The smallest absolute Gasteiger partial charge is 0.317 e. The van der Waals surface area contributed by atoms with Crippen molar-refractivity contribution < 1.29 is 28.0 Å². The summed E-state index contributed by atoms with van der Waals surface area (Å²) >= 11 is 0. The number of nitrogens with one attached hydrogen (secondary N) is 1. The second kappa shape index (κ2) is 7.98. The van der Waals surface area contributed by atoms with Crippen molar-refractivity contribution >= 4 is 21.7 Å². The normalized spacial score (nSPS) is 19.8. The topological polar surface area (TPSA) is 139 Å². The lowest BCUT2D eigenvalue weighted by atomic mass is 9.86. The molecule has 26 heavy (non-hydrogen) atoms. The first-order valence-electron chi connectivity index (χ1n) is 7.98. The Balaban J connectivity index is 2.10. The highest BCUT2D eigenvalue weighted by atomic mass is 32.2. The molecule has 1 aliphatic carbocycles. The highest BCUT2D eigenvalue weighted by Gasteiger charge is 2.37. The summed E-state index contributed by atoms with van der Waals surface area (Å²) in [5, 5.41) is 19.8. The first-order chi connectivity index (χ1) is 12.2. The van der Waals surface area contributed by atoms with Gasteiger partial charge in [0.2, 0.25) is 10.0 Å². The van der Waals surface area contributed by atoms with Crippen LogP contribution in [0.4, 0.5) is 5.69 Å². The van der Waals surface area contributed by atoms with Gasteiger partial charge in [0, 0.05) is 24.2 Å². The van der Waals surface area contributed by atoms with Gasteiger partial charge in [-0.3, -0.25) is 19.8 Å². The molecule has 0 amide bonds. The fourth-order valence-electron chi connectivity index (χ4n) is 2.93. The first kappa shape index (κ1) is 20.1. The number of ether oxygens (including phenoxy) is 1. The molecule has 0 unspecified atom stereocenters. The van der Waals surface area contributed by atoms with E-state index in [1.54, 1.807) is 4.90 Å². The number of methoxy groups -OCH3 is 1. The van der Waals surface area contributed by atoms with E-state index >= 15 is 0 Å². The summed E-state index contributed by atoms with van der Waals surface area (Å²) in [6, 6.07) is 2.98. The summed E-state index contributed by atoms with van der Waals surface area (Å²) in [6.07, 6.45) is 0.940. The number of carboxylic acid groups (broad SMARTS) is 1. The Bertz CT molecular complexity index is 790. The van der Waals surface area contributed by atoms with Crippen LogP contribution in [-0.4, -0.2) is 61.6 Å². The number of likely N-dealkylation sites (N-methyl/N-ethyl adjacent to an activating group) is 1. The minimum atomic E-state index is -4.01. The zero-order valence-corrected chi connectivity index (χ0v) is 15.2. The van der Waals surface area contributed by atoms with E-state index in [9.17, 15) is 23.3 Å². The number of non-ortho nitro benzene ring substituents is 1. The Morgan fingerprint density at radius 3 is 2.62 bits per heavy atom. The van der Waals surface area contributed by atoms with Crippen LogP contribution in [0.25, 0.3) is 0 Å². The molecule has 0 bridgehead atoms. The van der Waals surface area contributed by atoms with E-state index in [4.69, 9.17) is 9.84 Å². The van der Waals surface area contributed by atoms with Crippen LogP contribution in [0.1, 0.15) is 19.8 Å². The number of nitro groups is 1. The molecule has 1 saturated carbocycles. The van der Waals surface area contributed by atoms with E-state index in [-0.39, 0.29) is 35.0 Å². The maximum absolute atomic E-state index is 12.6. The van der Waals surface area contributed by atoms with Crippen LogP contribution in [0, 0.1) is 10.1 Å². The van der Waals surface area contributed by atoms with Gasteiger partial charge in [0.05, 0.1) is 18.6 Å². The molecule has 10 nitrogen and oxygen atoms in total. The summed E-state index contributed by atoms with van der Waals surface area (Å²) in [7, 11) is -2.73. The molecule has 0 heterocycles. The predicted octanol–water partition coefficient (Wildman–Crippen LogP) is 0.819. The van der Waals surface area contributed by atoms with Gasteiger partial charge in [0.1, 0.15) is 10.6 Å². The number of nitrogens with zero attached hydrogens (tertiary/aromatic N) is 2. The highest BCUT2D eigenvalue weighted by Crippen LogP contribution is 2.31. The largest absolute Gasteiger partial charge is 0.495 e. The van der Waals surface area contributed by atoms with Crippen LogP contribution in [0.5, 0.6) is 5.75 Å². The Hall–Kier alpha value is -2.24. The van der Waals surface area contributed by atoms with E-state index in [0.29, 0.717) is 19.4 Å². The van der Waals surface area contributed by atoms with Gasteiger partial charge < -0.3 is 9.84 Å². The molecule has 1 aromatic carbocycles. The SMILES string of the molecule is CCN(CC(=O)O)C1CC(NS(=O)(=O)c2cc([N+](=O)[O-])ccc2OC)C1. The molecule has 0 radical (unpaired) electrons. The number of sulfonamides is 1. The van der Waals surface area contributed by atoms with Crippen LogP contribution in [0.2, 0.25) is 0 Å². The number of nitro benzene ring substituents is 1. The zero-order valence-electron chi connectivity index (χ0n) is 14.4. The van der Waals surface area contributed by atoms with Crippen molar-refractivity contribution in [2.24, 2.45) is 0 Å². The van der Waals surface area contributed by atoms with Gasteiger partial charge in [-0.1, -0.05) is 6.92 Å². The lowest BCUT2D eigenvalue weighted by Gasteiger charge is -2.42. The minimum Gasteiger partial charge on any atom is -0.495 e. The van der Waals surface area contributed by atoms with Gasteiger partial charge in [-0.2, -0.15) is 0 Å². The molecule has 1 aromatic rings. The van der Waals surface area contributed by atoms with Gasteiger partial charge >= 0.3 is 5.97 Å². The lowest BCUT2D eigenvalue weighted by Crippen LogP contribution is -2.54. The minimum absolute atomic E-state index is 0.0139. The van der Waals surface area contributed by atoms with Crippen LogP contribution in [-0.2, 0) is 14.8 Å². The molecule has 1 aliphatic rings. The Morgan fingerprint density at radius 1 is 1.46 bits per heavy atom. The molecule has 0 saturated heterocycles. The molecule has 1 fully saturated rings. The maximum atomic E-state index is 12.6. The number of rotatable bonds is 9. The number of hydrogen-bond acceptors (Lipinski definition) is 7. The number of aliphatic carboxylic acids is 1. The standard InChI is InChI=1S/C15H21N3O7S/c1-3-17(9-15(19)20)12-6-10(7-12)16-26(23,24)14-8-11(18(21)22)4-5-13(14)25-2/h4-5,8,10,12,16H,3,6-7,9H2,1-2H3,(H,19,20). The van der Waals surface area contributed by atoms with Gasteiger partial charge in [-0.05, 0) is 25.5 Å². The van der Waals surface area contributed by atoms with Crippen LogP contribution < -0.4 is 9.46 Å². The van der Waals surface area contributed by atoms with Crippen molar-refractivity contribution in [1.29, 1.82) is 0 Å². The average molecular weight is 387 g/mol. The lowest BCUT2D eigenvalue weighted by molar-refractivity contribution is -0.385. The van der Waals surface area contributed by atoms with Crippen LogP contribution >= 0.6 is 0 Å². The van der Waals surface area contributed by atoms with Crippen molar-refractivity contribution in [3.05, 3.63) is 28.3 Å². The van der Waals surface area contributed by atoms with E-state index < -0.39 is 20.9 Å². The molecule has 144 valence electrons. The summed E-state index contributed by atoms with van der Waals surface area (Å²) in [6.45, 7) is 2.29. The number of benzene rings is 1. The third kappa shape index (κ3) is 4.48. The Labute approximate surface area is 151 Å². The van der Waals surface area contributed by atoms with Gasteiger partial charge in [-0.25, -0.2) is 13.1 Å². The van der Waals surface area contributed by atoms with Crippen molar-refractivity contribution in [3.63, 3.8) is 0 Å². The molecule has 2 rings (SSSR count). The summed E-state index contributed by atoms with van der Waals surface area (Å²) in [4.78, 5) is 22.5. The van der Waals surface area contributed by atoms with Crippen LogP contribution in [0.3, 0.4) is 0 Å². The highest BCUT2D eigenvalue weighted by molar-refractivity contribution is 7.89. The predicted molar refractivity (Wildman–Crippen MR) is 91.7 cm³/mol. The van der Waals surface area contributed by atoms with E-state index in [0.717, 1.165) is 6.07 Å².